The molecular weight excluding hydrogens is 450 g/mol. The third kappa shape index (κ3) is 5.37. The molecule has 3 rings (SSSR count). The number of fused-ring (bicyclic) bond motifs is 1. The molecule has 0 saturated heterocycles. The fourth-order valence-electron chi connectivity index (χ4n) is 2.92. The maximum absolute atomic E-state index is 12.9. The molecule has 1 aliphatic rings. The number of thiophene rings is 1. The smallest absolute Gasteiger partial charge is 0.254 e. The average molecular weight is 472 g/mol. The Kier molecular flexibility index (Phi) is 7.02. The minimum absolute atomic E-state index is 0.0177. The molecule has 0 spiro atoms. The molecule has 2 N–H and O–H groups in total. The van der Waals surface area contributed by atoms with Crippen LogP contribution in [0.3, 0.4) is 0 Å². The molecule has 0 fully saturated rings. The van der Waals surface area contributed by atoms with Crippen molar-refractivity contribution < 1.29 is 14.3 Å². The van der Waals surface area contributed by atoms with Crippen molar-refractivity contribution in [1.29, 1.82) is 0 Å². The molecule has 1 aliphatic carbocycles. The number of carbonyl (C=O) groups excluding carboxylic acids is 2. The number of hydrogen-bond donors (Lipinski definition) is 2. The molecule has 9 heteroatoms. The molecule has 0 unspecified atom stereocenters. The number of halogens is 1. The monoisotopic (exact) mass is 471 g/mol. The number of aromatic nitrogens is 1. The lowest BCUT2D eigenvalue weighted by atomic mass is 9.95. The summed E-state index contributed by atoms with van der Waals surface area (Å²) >= 11 is 6.33. The second kappa shape index (κ2) is 9.27. The van der Waals surface area contributed by atoms with E-state index >= 15 is 0 Å². The van der Waals surface area contributed by atoms with E-state index in [1.807, 2.05) is 13.8 Å². The third-order valence-electron chi connectivity index (χ3n) is 4.15. The van der Waals surface area contributed by atoms with Crippen molar-refractivity contribution in [1.82, 2.24) is 10.3 Å². The summed E-state index contributed by atoms with van der Waals surface area (Å²) in [6.07, 6.45) is 5.74. The first-order chi connectivity index (χ1) is 12.9. The van der Waals surface area contributed by atoms with E-state index in [1.54, 1.807) is 6.20 Å². The van der Waals surface area contributed by atoms with Crippen LogP contribution in [0.25, 0.3) is 0 Å². The number of thiazole rings is 1. The molecule has 2 aromatic heterocycles. The van der Waals surface area contributed by atoms with E-state index in [0.717, 1.165) is 40.0 Å². The van der Waals surface area contributed by atoms with E-state index in [1.165, 1.54) is 27.6 Å². The van der Waals surface area contributed by atoms with Gasteiger partial charge in [0.2, 0.25) is 0 Å². The van der Waals surface area contributed by atoms with Crippen molar-refractivity contribution in [3.63, 3.8) is 0 Å². The number of nitrogens with one attached hydrogen (secondary N) is 2. The Labute approximate surface area is 174 Å². The summed E-state index contributed by atoms with van der Waals surface area (Å²) < 4.78 is 6.16. The van der Waals surface area contributed by atoms with E-state index in [4.69, 9.17) is 4.74 Å². The van der Waals surface area contributed by atoms with Crippen LogP contribution in [0.1, 0.15) is 52.4 Å². The van der Waals surface area contributed by atoms with E-state index in [9.17, 15) is 9.59 Å². The minimum Gasteiger partial charge on any atom is -0.369 e. The molecule has 27 heavy (non-hydrogen) atoms. The van der Waals surface area contributed by atoms with Crippen LogP contribution in [0.4, 0.5) is 5.00 Å². The summed E-state index contributed by atoms with van der Waals surface area (Å²) in [5, 5.41) is 6.47. The van der Waals surface area contributed by atoms with Crippen molar-refractivity contribution in [3.05, 3.63) is 31.0 Å². The number of nitrogens with zero attached hydrogens (tertiary/aromatic N) is 1. The van der Waals surface area contributed by atoms with E-state index in [-0.39, 0.29) is 24.5 Å². The number of carbonyl (C=O) groups is 2. The highest BCUT2D eigenvalue weighted by molar-refractivity contribution is 9.11. The molecular formula is C18H22BrN3O3S2. The molecule has 146 valence electrons. The number of amides is 2. The van der Waals surface area contributed by atoms with Gasteiger partial charge in [-0.3, -0.25) is 9.59 Å². The Hall–Kier alpha value is -1.29. The minimum atomic E-state index is -0.234. The Morgan fingerprint density at radius 3 is 2.78 bits per heavy atom. The zero-order valence-corrected chi connectivity index (χ0v) is 18.5. The highest BCUT2D eigenvalue weighted by Crippen LogP contribution is 2.38. The maximum atomic E-state index is 12.9. The van der Waals surface area contributed by atoms with Crippen LogP contribution in [0.15, 0.2) is 10.1 Å². The summed E-state index contributed by atoms with van der Waals surface area (Å²) in [5.74, 6) is -0.387. The lowest BCUT2D eigenvalue weighted by Crippen LogP contribution is -2.26. The van der Waals surface area contributed by atoms with Gasteiger partial charge in [0.15, 0.2) is 3.92 Å². The van der Waals surface area contributed by atoms with Gasteiger partial charge in [0.25, 0.3) is 11.8 Å². The Morgan fingerprint density at radius 2 is 2.07 bits per heavy atom. The van der Waals surface area contributed by atoms with E-state index in [2.05, 4.69) is 31.5 Å². The molecule has 0 aliphatic heterocycles. The SMILES string of the molecule is CC(C)OCC(=O)Nc1sc2c(c1C(=O)NCc1cnc(Br)s1)CCCC2. The molecule has 2 aromatic rings. The second-order valence-corrected chi connectivity index (χ2v) is 10.1. The standard InChI is InChI=1S/C18H22BrN3O3S2/c1-10(2)25-9-14(23)22-17-15(12-5-3-4-6-13(12)27-17)16(24)20-7-11-8-21-18(19)26-11/h8,10H,3-7,9H2,1-2H3,(H,20,24)(H,22,23). The summed E-state index contributed by atoms with van der Waals surface area (Å²) in [6, 6.07) is 0. The van der Waals surface area contributed by atoms with Crippen molar-refractivity contribution in [3.8, 4) is 0 Å². The maximum Gasteiger partial charge on any atom is 0.254 e. The quantitative estimate of drug-likeness (QED) is 0.635. The molecule has 0 aromatic carbocycles. The lowest BCUT2D eigenvalue weighted by molar-refractivity contribution is -0.121. The second-order valence-electron chi connectivity index (χ2n) is 6.59. The van der Waals surface area contributed by atoms with Crippen molar-refractivity contribution in [2.45, 2.75) is 52.2 Å². The number of ether oxygens (including phenoxy) is 1. The lowest BCUT2D eigenvalue weighted by Gasteiger charge is -2.13. The first-order valence-corrected chi connectivity index (χ1v) is 11.3. The molecule has 2 amide bonds. The van der Waals surface area contributed by atoms with Gasteiger partial charge in [0.1, 0.15) is 11.6 Å². The Balaban J connectivity index is 1.76. The summed E-state index contributed by atoms with van der Waals surface area (Å²) in [4.78, 5) is 31.4. The molecule has 2 heterocycles. The molecule has 6 nitrogen and oxygen atoms in total. The average Bonchev–Trinajstić information content (AvgIpc) is 3.20. The summed E-state index contributed by atoms with van der Waals surface area (Å²) in [6.45, 7) is 4.16. The van der Waals surface area contributed by atoms with Crippen LogP contribution >= 0.6 is 38.6 Å². The molecule has 0 atom stereocenters. The zero-order chi connectivity index (χ0) is 19.4. The summed E-state index contributed by atoms with van der Waals surface area (Å²) in [7, 11) is 0. The van der Waals surface area contributed by atoms with Gasteiger partial charge in [-0.05, 0) is 61.0 Å². The van der Waals surface area contributed by atoms with Gasteiger partial charge in [-0.2, -0.15) is 0 Å². The van der Waals surface area contributed by atoms with Gasteiger partial charge in [0.05, 0.1) is 18.2 Å². The van der Waals surface area contributed by atoms with Crippen molar-refractivity contribution >= 4 is 55.4 Å². The number of rotatable bonds is 7. The van der Waals surface area contributed by atoms with Crippen LogP contribution in [-0.2, 0) is 28.9 Å². The first kappa shape index (κ1) is 20.4. The van der Waals surface area contributed by atoms with Gasteiger partial charge < -0.3 is 15.4 Å². The largest absolute Gasteiger partial charge is 0.369 e. The van der Waals surface area contributed by atoms with Crippen molar-refractivity contribution in [2.75, 3.05) is 11.9 Å². The van der Waals surface area contributed by atoms with Gasteiger partial charge in [-0.1, -0.05) is 0 Å². The Bertz CT molecular complexity index is 832. The highest BCUT2D eigenvalue weighted by atomic mass is 79.9. The van der Waals surface area contributed by atoms with E-state index < -0.39 is 0 Å². The predicted molar refractivity (Wildman–Crippen MR) is 112 cm³/mol. The van der Waals surface area contributed by atoms with Gasteiger partial charge in [0, 0.05) is 16.0 Å². The highest BCUT2D eigenvalue weighted by Gasteiger charge is 2.26. The predicted octanol–water partition coefficient (Wildman–Crippen LogP) is 4.14. The molecule has 0 radical (unpaired) electrons. The Morgan fingerprint density at radius 1 is 1.30 bits per heavy atom. The van der Waals surface area contributed by atoms with E-state index in [0.29, 0.717) is 17.1 Å². The van der Waals surface area contributed by atoms with Crippen LogP contribution in [0, 0.1) is 0 Å². The third-order valence-corrected chi connectivity index (χ3v) is 6.83. The van der Waals surface area contributed by atoms with Crippen LogP contribution in [-0.4, -0.2) is 29.5 Å². The van der Waals surface area contributed by atoms with Crippen molar-refractivity contribution in [2.24, 2.45) is 0 Å². The van der Waals surface area contributed by atoms with Gasteiger partial charge in [-0.15, -0.1) is 22.7 Å². The number of anilines is 1. The van der Waals surface area contributed by atoms with Crippen LogP contribution in [0.2, 0.25) is 0 Å². The summed E-state index contributed by atoms with van der Waals surface area (Å²) in [5.41, 5.74) is 1.69. The van der Waals surface area contributed by atoms with Crippen LogP contribution in [0.5, 0.6) is 0 Å². The molecule has 0 bridgehead atoms. The van der Waals surface area contributed by atoms with Gasteiger partial charge in [-0.25, -0.2) is 4.98 Å². The fourth-order valence-corrected chi connectivity index (χ4v) is 5.52. The first-order valence-electron chi connectivity index (χ1n) is 8.88. The molecule has 0 saturated carbocycles. The normalized spacial score (nSPS) is 13.5. The zero-order valence-electron chi connectivity index (χ0n) is 15.3. The number of hydrogen-bond acceptors (Lipinski definition) is 6. The van der Waals surface area contributed by atoms with Gasteiger partial charge >= 0.3 is 0 Å². The number of aryl methyl sites for hydroxylation is 1. The van der Waals surface area contributed by atoms with Crippen LogP contribution < -0.4 is 10.6 Å². The fraction of sp³-hybridized carbons (Fsp3) is 0.500. The topological polar surface area (TPSA) is 80.3 Å².